The number of esters is 1. The fourth-order valence-corrected chi connectivity index (χ4v) is 2.52. The predicted octanol–water partition coefficient (Wildman–Crippen LogP) is 3.36. The van der Waals surface area contributed by atoms with Gasteiger partial charge in [0, 0.05) is 5.69 Å². The van der Waals surface area contributed by atoms with E-state index in [1.54, 1.807) is 55.5 Å². The summed E-state index contributed by atoms with van der Waals surface area (Å²) in [4.78, 5) is 24.3. The molecule has 1 heterocycles. The van der Waals surface area contributed by atoms with E-state index in [4.69, 9.17) is 4.74 Å². The maximum atomic E-state index is 14.0. The number of amides is 1. The highest BCUT2D eigenvalue weighted by atomic mass is 19.1. The molecule has 0 aliphatic carbocycles. The van der Waals surface area contributed by atoms with E-state index >= 15 is 0 Å². The normalized spacial score (nSPS) is 10.4. The van der Waals surface area contributed by atoms with Gasteiger partial charge in [-0.3, -0.25) is 4.79 Å². The highest BCUT2D eigenvalue weighted by Gasteiger charge is 2.18. The summed E-state index contributed by atoms with van der Waals surface area (Å²) in [7, 11) is 1.26. The zero-order valence-electron chi connectivity index (χ0n) is 14.2. The maximum absolute atomic E-state index is 14.0. The van der Waals surface area contributed by atoms with Gasteiger partial charge >= 0.3 is 5.97 Å². The Kier molecular flexibility index (Phi) is 4.79. The van der Waals surface area contributed by atoms with E-state index in [-0.39, 0.29) is 16.9 Å². The van der Waals surface area contributed by atoms with E-state index < -0.39 is 17.7 Å². The van der Waals surface area contributed by atoms with Crippen LogP contribution < -0.4 is 5.32 Å². The van der Waals surface area contributed by atoms with Gasteiger partial charge in [0.1, 0.15) is 11.5 Å². The number of ether oxygens (including phenoxy) is 1. The summed E-state index contributed by atoms with van der Waals surface area (Å²) in [5.41, 5.74) is 1.49. The Balaban J connectivity index is 1.90. The quantitative estimate of drug-likeness (QED) is 0.730. The average molecular weight is 353 g/mol. The molecule has 3 aromatic rings. The van der Waals surface area contributed by atoms with Crippen LogP contribution in [-0.4, -0.2) is 28.8 Å². The van der Waals surface area contributed by atoms with Crippen LogP contribution in [0.3, 0.4) is 0 Å². The van der Waals surface area contributed by atoms with Crippen molar-refractivity contribution in [3.05, 3.63) is 77.4 Å². The average Bonchev–Trinajstić information content (AvgIpc) is 3.03. The molecule has 0 aliphatic heterocycles. The van der Waals surface area contributed by atoms with E-state index in [9.17, 15) is 14.0 Å². The van der Waals surface area contributed by atoms with Gasteiger partial charge in [-0.1, -0.05) is 24.3 Å². The lowest BCUT2D eigenvalue weighted by atomic mass is 10.1. The topological polar surface area (TPSA) is 73.2 Å². The molecule has 132 valence electrons. The third-order valence-corrected chi connectivity index (χ3v) is 3.78. The Morgan fingerprint density at radius 3 is 2.54 bits per heavy atom. The summed E-state index contributed by atoms with van der Waals surface area (Å²) in [6, 6.07) is 14.2. The van der Waals surface area contributed by atoms with Crippen molar-refractivity contribution in [2.24, 2.45) is 0 Å². The Morgan fingerprint density at radius 1 is 1.12 bits per heavy atom. The third-order valence-electron chi connectivity index (χ3n) is 3.78. The molecule has 0 bridgehead atoms. The van der Waals surface area contributed by atoms with Crippen LogP contribution in [0.15, 0.2) is 54.6 Å². The molecule has 0 saturated heterocycles. The Labute approximate surface area is 149 Å². The molecule has 0 spiro atoms. The minimum Gasteiger partial charge on any atom is -0.465 e. The fraction of sp³-hybridized carbons (Fsp3) is 0.105. The summed E-state index contributed by atoms with van der Waals surface area (Å²) in [6.45, 7) is 1.72. The van der Waals surface area contributed by atoms with Gasteiger partial charge in [0.25, 0.3) is 5.91 Å². The molecule has 0 fully saturated rings. The number of aryl methyl sites for hydroxylation is 1. The summed E-state index contributed by atoms with van der Waals surface area (Å²) < 4.78 is 20.0. The minimum atomic E-state index is -0.561. The van der Waals surface area contributed by atoms with Crippen molar-refractivity contribution in [2.75, 3.05) is 12.4 Å². The molecular formula is C19H16FN3O3. The SMILES string of the molecule is COC(=O)c1ccccc1NC(=O)c1cc(C)n(-c2ccccc2F)n1. The Hall–Kier alpha value is -3.48. The van der Waals surface area contributed by atoms with E-state index in [0.29, 0.717) is 11.4 Å². The largest absolute Gasteiger partial charge is 0.465 e. The Bertz CT molecular complexity index is 982. The van der Waals surface area contributed by atoms with Crippen LogP contribution in [0.2, 0.25) is 0 Å². The van der Waals surface area contributed by atoms with Gasteiger partial charge in [0.2, 0.25) is 0 Å². The second-order valence-corrected chi connectivity index (χ2v) is 5.53. The van der Waals surface area contributed by atoms with Gasteiger partial charge in [-0.15, -0.1) is 0 Å². The van der Waals surface area contributed by atoms with Gasteiger partial charge in [0.15, 0.2) is 5.69 Å². The number of halogens is 1. The highest BCUT2D eigenvalue weighted by molar-refractivity contribution is 6.07. The number of hydrogen-bond acceptors (Lipinski definition) is 4. The van der Waals surface area contributed by atoms with Crippen LogP contribution in [0.5, 0.6) is 0 Å². The number of carbonyl (C=O) groups excluding carboxylic acids is 2. The molecule has 1 N–H and O–H groups in total. The number of benzene rings is 2. The first-order chi connectivity index (χ1) is 12.5. The van der Waals surface area contributed by atoms with Crippen LogP contribution in [0, 0.1) is 12.7 Å². The standard InChI is InChI=1S/C19H16FN3O3/c1-12-11-16(22-23(12)17-10-6-4-8-14(17)20)18(24)21-15-9-5-3-7-13(15)19(25)26-2/h3-11H,1-2H3,(H,21,24). The van der Waals surface area contributed by atoms with E-state index in [1.807, 2.05) is 0 Å². The molecule has 0 atom stereocenters. The lowest BCUT2D eigenvalue weighted by molar-refractivity contribution is 0.0602. The molecule has 3 rings (SSSR count). The summed E-state index contributed by atoms with van der Waals surface area (Å²) in [5.74, 6) is -1.52. The van der Waals surface area contributed by atoms with Crippen molar-refractivity contribution >= 4 is 17.6 Å². The number of para-hydroxylation sites is 2. The highest BCUT2D eigenvalue weighted by Crippen LogP contribution is 2.19. The molecular weight excluding hydrogens is 337 g/mol. The summed E-state index contributed by atoms with van der Waals surface area (Å²) >= 11 is 0. The second kappa shape index (κ2) is 7.18. The van der Waals surface area contributed by atoms with Crippen molar-refractivity contribution in [3.63, 3.8) is 0 Å². The third kappa shape index (κ3) is 3.32. The van der Waals surface area contributed by atoms with Crippen molar-refractivity contribution in [3.8, 4) is 5.69 Å². The second-order valence-electron chi connectivity index (χ2n) is 5.53. The van der Waals surface area contributed by atoms with Crippen LogP contribution in [0.1, 0.15) is 26.5 Å². The zero-order valence-corrected chi connectivity index (χ0v) is 14.2. The minimum absolute atomic E-state index is 0.102. The van der Waals surface area contributed by atoms with Crippen molar-refractivity contribution in [1.29, 1.82) is 0 Å². The first kappa shape index (κ1) is 17.3. The smallest absolute Gasteiger partial charge is 0.339 e. The van der Waals surface area contributed by atoms with Crippen molar-refractivity contribution in [2.45, 2.75) is 6.92 Å². The molecule has 1 aromatic heterocycles. The molecule has 0 saturated carbocycles. The van der Waals surface area contributed by atoms with Crippen LogP contribution >= 0.6 is 0 Å². The van der Waals surface area contributed by atoms with Gasteiger partial charge in [-0.05, 0) is 37.3 Å². The maximum Gasteiger partial charge on any atom is 0.339 e. The molecule has 2 aromatic carbocycles. The Morgan fingerprint density at radius 2 is 1.81 bits per heavy atom. The lowest BCUT2D eigenvalue weighted by Gasteiger charge is -2.08. The molecule has 6 nitrogen and oxygen atoms in total. The van der Waals surface area contributed by atoms with Crippen LogP contribution in [0.25, 0.3) is 5.69 Å². The van der Waals surface area contributed by atoms with Crippen molar-refractivity contribution in [1.82, 2.24) is 9.78 Å². The summed E-state index contributed by atoms with van der Waals surface area (Å²) in [5, 5.41) is 6.82. The van der Waals surface area contributed by atoms with Gasteiger partial charge in [0.05, 0.1) is 18.4 Å². The zero-order chi connectivity index (χ0) is 18.7. The molecule has 0 radical (unpaired) electrons. The molecule has 1 amide bonds. The number of carbonyl (C=O) groups is 2. The lowest BCUT2D eigenvalue weighted by Crippen LogP contribution is -2.16. The van der Waals surface area contributed by atoms with Crippen LogP contribution in [-0.2, 0) is 4.74 Å². The number of aromatic nitrogens is 2. The monoisotopic (exact) mass is 353 g/mol. The molecule has 0 unspecified atom stereocenters. The first-order valence-electron chi connectivity index (χ1n) is 7.81. The van der Waals surface area contributed by atoms with Crippen LogP contribution in [0.4, 0.5) is 10.1 Å². The number of hydrogen-bond donors (Lipinski definition) is 1. The predicted molar refractivity (Wildman–Crippen MR) is 94.0 cm³/mol. The molecule has 26 heavy (non-hydrogen) atoms. The van der Waals surface area contributed by atoms with Gasteiger partial charge < -0.3 is 10.1 Å². The van der Waals surface area contributed by atoms with Gasteiger partial charge in [-0.2, -0.15) is 5.10 Å². The first-order valence-corrected chi connectivity index (χ1v) is 7.81. The number of rotatable bonds is 4. The number of nitrogens with zero attached hydrogens (tertiary/aromatic N) is 2. The number of nitrogens with one attached hydrogen (secondary N) is 1. The molecule has 0 aliphatic rings. The number of methoxy groups -OCH3 is 1. The number of anilines is 1. The van der Waals surface area contributed by atoms with E-state index in [1.165, 1.54) is 17.9 Å². The van der Waals surface area contributed by atoms with E-state index in [2.05, 4.69) is 10.4 Å². The molecule has 7 heteroatoms. The van der Waals surface area contributed by atoms with E-state index in [0.717, 1.165) is 0 Å². The summed E-state index contributed by atoms with van der Waals surface area (Å²) in [6.07, 6.45) is 0. The fourth-order valence-electron chi connectivity index (χ4n) is 2.52. The van der Waals surface area contributed by atoms with Gasteiger partial charge in [-0.25, -0.2) is 13.9 Å². The van der Waals surface area contributed by atoms with Crippen molar-refractivity contribution < 1.29 is 18.7 Å².